The van der Waals surface area contributed by atoms with E-state index in [1.165, 1.54) is 33.2 Å². The van der Waals surface area contributed by atoms with Crippen molar-refractivity contribution in [3.05, 3.63) is 229 Å². The van der Waals surface area contributed by atoms with Crippen molar-refractivity contribution in [2.45, 2.75) is 12.3 Å². The molecule has 10 aromatic rings. The molecule has 59 heavy (non-hydrogen) atoms. The Kier molecular flexibility index (Phi) is 8.68. The Labute approximate surface area is 343 Å². The zero-order valence-electron chi connectivity index (χ0n) is 32.2. The van der Waals surface area contributed by atoms with Crippen molar-refractivity contribution in [1.29, 1.82) is 0 Å². The van der Waals surface area contributed by atoms with Crippen LogP contribution < -0.4 is 10.6 Å². The molecular formula is C55H39N3O. The number of nitrogens with zero attached hydrogens (tertiary/aromatic N) is 1. The maximum atomic E-state index is 6.87. The maximum absolute atomic E-state index is 6.87. The summed E-state index contributed by atoms with van der Waals surface area (Å²) >= 11 is 0. The largest absolute Gasteiger partial charge is 0.456 e. The molecule has 2 heterocycles. The average molecular weight is 758 g/mol. The molecule has 1 aromatic heterocycles. The fraction of sp³-hybridized carbons (Fsp3) is 0.0364. The highest BCUT2D eigenvalue weighted by Gasteiger charge is 2.29. The van der Waals surface area contributed by atoms with Crippen LogP contribution in [0.2, 0.25) is 0 Å². The first-order valence-corrected chi connectivity index (χ1v) is 20.2. The molecule has 9 aromatic carbocycles. The summed E-state index contributed by atoms with van der Waals surface area (Å²) in [7, 11) is 0. The topological polar surface area (TPSA) is 49.6 Å². The molecule has 11 rings (SSSR count). The Balaban J connectivity index is 1.05. The maximum Gasteiger partial charge on any atom is 0.142 e. The molecule has 4 heteroatoms. The van der Waals surface area contributed by atoms with Crippen LogP contribution in [0, 0.1) is 0 Å². The lowest BCUT2D eigenvalue weighted by atomic mass is 9.92. The molecule has 0 saturated heterocycles. The van der Waals surface area contributed by atoms with E-state index in [4.69, 9.17) is 9.41 Å². The Morgan fingerprint density at radius 1 is 0.390 bits per heavy atom. The van der Waals surface area contributed by atoms with Gasteiger partial charge in [0.25, 0.3) is 0 Å². The van der Waals surface area contributed by atoms with Gasteiger partial charge in [-0.15, -0.1) is 0 Å². The highest BCUT2D eigenvalue weighted by atomic mass is 16.3. The predicted octanol–water partition coefficient (Wildman–Crippen LogP) is 13.7. The number of hydrogen-bond donors (Lipinski definition) is 2. The fourth-order valence-electron chi connectivity index (χ4n) is 8.48. The number of rotatable bonds is 7. The van der Waals surface area contributed by atoms with Crippen molar-refractivity contribution in [3.63, 3.8) is 0 Å². The Morgan fingerprint density at radius 3 is 1.44 bits per heavy atom. The molecule has 4 nitrogen and oxygen atoms in total. The van der Waals surface area contributed by atoms with Gasteiger partial charge >= 0.3 is 0 Å². The van der Waals surface area contributed by atoms with Crippen molar-refractivity contribution < 1.29 is 4.42 Å². The summed E-state index contributed by atoms with van der Waals surface area (Å²) in [5, 5.41) is 12.1. The molecule has 280 valence electrons. The number of amidine groups is 1. The van der Waals surface area contributed by atoms with E-state index in [1.807, 2.05) is 12.1 Å². The van der Waals surface area contributed by atoms with Crippen LogP contribution in [0.4, 0.5) is 0 Å². The number of benzene rings is 9. The van der Waals surface area contributed by atoms with E-state index in [0.717, 1.165) is 66.5 Å². The van der Waals surface area contributed by atoms with Crippen LogP contribution in [0.25, 0.3) is 77.2 Å². The SMILES string of the molecule is c1ccc(C2=NC(c3ccccc3)NC(c3cc(-c4ccc(-c5cc(-c6ccccc6)cc(-c6ccccc6)c5)cc4)cc4c3oc3cc5ccccc5cc34)N2)cc1. The summed E-state index contributed by atoms with van der Waals surface area (Å²) in [4.78, 5) is 5.19. The van der Waals surface area contributed by atoms with E-state index in [1.54, 1.807) is 0 Å². The van der Waals surface area contributed by atoms with Gasteiger partial charge in [0, 0.05) is 21.9 Å². The molecule has 0 radical (unpaired) electrons. The second-order valence-electron chi connectivity index (χ2n) is 15.2. The van der Waals surface area contributed by atoms with E-state index >= 15 is 0 Å². The van der Waals surface area contributed by atoms with Crippen LogP contribution in [0.1, 0.15) is 29.0 Å². The number of fused-ring (bicyclic) bond motifs is 4. The number of nitrogens with one attached hydrogen (secondary N) is 2. The zero-order valence-corrected chi connectivity index (χ0v) is 32.2. The molecule has 2 atom stereocenters. The van der Waals surface area contributed by atoms with Gasteiger partial charge in [0.15, 0.2) is 0 Å². The van der Waals surface area contributed by atoms with Gasteiger partial charge in [-0.3, -0.25) is 5.32 Å². The molecule has 1 aliphatic heterocycles. The van der Waals surface area contributed by atoms with Crippen LogP contribution in [0.15, 0.2) is 222 Å². The summed E-state index contributed by atoms with van der Waals surface area (Å²) in [6.07, 6.45) is -0.572. The quantitative estimate of drug-likeness (QED) is 0.170. The first-order chi connectivity index (χ1) is 29.2. The first kappa shape index (κ1) is 34.7. The van der Waals surface area contributed by atoms with Crippen molar-refractivity contribution >= 4 is 38.5 Å². The minimum absolute atomic E-state index is 0.268. The molecule has 0 fully saturated rings. The third kappa shape index (κ3) is 6.66. The van der Waals surface area contributed by atoms with Gasteiger partial charge in [-0.2, -0.15) is 0 Å². The lowest BCUT2D eigenvalue weighted by molar-refractivity contribution is 0.408. The van der Waals surface area contributed by atoms with Gasteiger partial charge in [0.2, 0.25) is 0 Å². The monoisotopic (exact) mass is 757 g/mol. The number of hydrogen-bond acceptors (Lipinski definition) is 4. The van der Waals surface area contributed by atoms with Crippen molar-refractivity contribution in [1.82, 2.24) is 10.6 Å². The summed E-state index contributed by atoms with van der Waals surface area (Å²) in [6, 6.07) is 75.5. The van der Waals surface area contributed by atoms with Gasteiger partial charge in [-0.05, 0) is 103 Å². The summed E-state index contributed by atoms with van der Waals surface area (Å²) in [6.45, 7) is 0. The molecule has 0 amide bonds. The van der Waals surface area contributed by atoms with Crippen LogP contribution >= 0.6 is 0 Å². The molecule has 0 saturated carbocycles. The zero-order chi connectivity index (χ0) is 39.1. The highest BCUT2D eigenvalue weighted by Crippen LogP contribution is 2.41. The summed E-state index contributed by atoms with van der Waals surface area (Å²) in [5.74, 6) is 0.834. The van der Waals surface area contributed by atoms with E-state index in [9.17, 15) is 0 Å². The fourth-order valence-corrected chi connectivity index (χ4v) is 8.48. The minimum atomic E-state index is -0.304. The normalized spacial score (nSPS) is 15.3. The van der Waals surface area contributed by atoms with Gasteiger partial charge in [0.05, 0.1) is 0 Å². The lowest BCUT2D eigenvalue weighted by Crippen LogP contribution is -2.45. The van der Waals surface area contributed by atoms with Gasteiger partial charge in [-0.1, -0.05) is 170 Å². The number of furan rings is 1. The van der Waals surface area contributed by atoms with Crippen molar-refractivity contribution in [3.8, 4) is 44.5 Å². The Morgan fingerprint density at radius 2 is 0.864 bits per heavy atom. The van der Waals surface area contributed by atoms with Crippen LogP contribution in [0.3, 0.4) is 0 Å². The molecule has 2 unspecified atom stereocenters. The highest BCUT2D eigenvalue weighted by molar-refractivity contribution is 6.12. The van der Waals surface area contributed by atoms with Gasteiger partial charge in [0.1, 0.15) is 29.3 Å². The molecular weight excluding hydrogens is 719 g/mol. The Hall–Kier alpha value is -7.53. The summed E-state index contributed by atoms with van der Waals surface area (Å²) in [5.41, 5.74) is 14.2. The van der Waals surface area contributed by atoms with Crippen LogP contribution in [-0.2, 0) is 0 Å². The van der Waals surface area contributed by atoms with Crippen LogP contribution in [-0.4, -0.2) is 5.84 Å². The average Bonchev–Trinajstić information content (AvgIpc) is 3.68. The van der Waals surface area contributed by atoms with E-state index in [0.29, 0.717) is 0 Å². The van der Waals surface area contributed by atoms with Gasteiger partial charge in [-0.25, -0.2) is 4.99 Å². The minimum Gasteiger partial charge on any atom is -0.456 e. The Bertz CT molecular complexity index is 3080. The van der Waals surface area contributed by atoms with Crippen molar-refractivity contribution in [2.24, 2.45) is 4.99 Å². The van der Waals surface area contributed by atoms with E-state index in [-0.39, 0.29) is 12.3 Å². The molecule has 0 aliphatic carbocycles. The standard InChI is InChI=1S/C55H39N3O/c1-5-15-36(16-6-1)44-29-45(37-17-7-2-8-18-37)31-46(30-44)38-25-27-39(28-26-38)47-33-49-48-32-42-23-13-14-24-43(42)35-51(48)59-52(49)50(34-47)55-57-53(40-19-9-3-10-20-40)56-54(58-55)41-21-11-4-12-22-41/h1-35,53,55,57H,(H,56,58). The lowest BCUT2D eigenvalue weighted by Gasteiger charge is -2.32. The molecule has 0 bridgehead atoms. The smallest absolute Gasteiger partial charge is 0.142 e. The third-order valence-corrected chi connectivity index (χ3v) is 11.5. The number of aliphatic imine (C=N–C) groups is 1. The van der Waals surface area contributed by atoms with E-state index in [2.05, 4.69) is 211 Å². The van der Waals surface area contributed by atoms with Crippen LogP contribution in [0.5, 0.6) is 0 Å². The first-order valence-electron chi connectivity index (χ1n) is 20.2. The molecule has 2 N–H and O–H groups in total. The third-order valence-electron chi connectivity index (χ3n) is 11.5. The molecule has 0 spiro atoms. The van der Waals surface area contributed by atoms with E-state index < -0.39 is 0 Å². The second kappa shape index (κ2) is 14.8. The second-order valence-corrected chi connectivity index (χ2v) is 15.2. The molecule has 1 aliphatic rings. The van der Waals surface area contributed by atoms with Gasteiger partial charge < -0.3 is 9.73 Å². The summed E-state index contributed by atoms with van der Waals surface area (Å²) < 4.78 is 6.87. The van der Waals surface area contributed by atoms with Crippen molar-refractivity contribution in [2.75, 3.05) is 0 Å². The predicted molar refractivity (Wildman–Crippen MR) is 244 cm³/mol.